The number of hydrogen-bond donors (Lipinski definition) is 1. The van der Waals surface area contributed by atoms with Gasteiger partial charge in [-0.25, -0.2) is 0 Å². The third kappa shape index (κ3) is 3.80. The van der Waals surface area contributed by atoms with Gasteiger partial charge in [0.1, 0.15) is 11.5 Å². The maximum Gasteiger partial charge on any atom is 0.225 e. The predicted molar refractivity (Wildman–Crippen MR) is 105 cm³/mol. The summed E-state index contributed by atoms with van der Waals surface area (Å²) in [5, 5.41) is 11.6. The summed E-state index contributed by atoms with van der Waals surface area (Å²) < 4.78 is 7.21. The lowest BCUT2D eigenvalue weighted by Crippen LogP contribution is -2.57. The number of nitrogens with one attached hydrogen (secondary N) is 1. The Morgan fingerprint density at radius 2 is 2.21 bits per heavy atom. The Morgan fingerprint density at radius 3 is 2.97 bits per heavy atom. The van der Waals surface area contributed by atoms with Crippen molar-refractivity contribution < 1.29 is 9.21 Å². The molecule has 3 aliphatic rings. The molecule has 6 rings (SSSR count). The summed E-state index contributed by atoms with van der Waals surface area (Å²) in [7, 11) is 0. The van der Waals surface area contributed by atoms with Crippen molar-refractivity contribution >= 4 is 5.91 Å². The summed E-state index contributed by atoms with van der Waals surface area (Å²) in [6, 6.07) is 9.88. The molecule has 8 heteroatoms. The van der Waals surface area contributed by atoms with Gasteiger partial charge < -0.3 is 9.73 Å². The van der Waals surface area contributed by atoms with Crippen LogP contribution in [0.3, 0.4) is 0 Å². The molecule has 0 radical (unpaired) electrons. The zero-order valence-corrected chi connectivity index (χ0v) is 16.1. The average Bonchev–Trinajstić information content (AvgIpc) is 3.45. The highest BCUT2D eigenvalue weighted by Crippen LogP contribution is 2.37. The number of fused-ring (bicyclic) bond motifs is 3. The number of carbonyl (C=O) groups is 1. The van der Waals surface area contributed by atoms with Crippen LogP contribution >= 0.6 is 0 Å². The molecule has 3 saturated heterocycles. The Morgan fingerprint density at radius 1 is 1.24 bits per heavy atom. The van der Waals surface area contributed by atoms with Gasteiger partial charge in [-0.15, -0.1) is 5.10 Å². The number of nitrogens with zero attached hydrogens (tertiary/aromatic N) is 5. The van der Waals surface area contributed by atoms with Gasteiger partial charge in [-0.05, 0) is 49.6 Å². The molecule has 0 aliphatic carbocycles. The molecular formula is C21H24N6O2. The number of hydrogen-bond acceptors (Lipinski definition) is 6. The van der Waals surface area contributed by atoms with Gasteiger partial charge in [0.25, 0.3) is 0 Å². The van der Waals surface area contributed by atoms with Gasteiger partial charge in [0, 0.05) is 18.8 Å². The highest BCUT2D eigenvalue weighted by molar-refractivity contribution is 5.79. The molecule has 0 spiro atoms. The normalized spacial score (nSPS) is 25.8. The molecular weight excluding hydrogens is 368 g/mol. The highest BCUT2D eigenvalue weighted by atomic mass is 16.3. The molecule has 3 aromatic rings. The summed E-state index contributed by atoms with van der Waals surface area (Å²) in [5.41, 5.74) is 1.62. The van der Waals surface area contributed by atoms with Crippen LogP contribution in [0.25, 0.3) is 11.4 Å². The standard InChI is InChI=1S/C21H24N6O2/c28-21(23-11-17-4-3-9-29-17)18-13-26-8-6-15(18)10-16(26)12-27-14-20(24-25-27)19-5-1-2-7-22-19/h1-5,7,9,14-16,18H,6,8,10-13H2,(H,23,28)/t15-,16-,18+/m1/s1. The summed E-state index contributed by atoms with van der Waals surface area (Å²) in [4.78, 5) is 19.5. The first kappa shape index (κ1) is 18.1. The SMILES string of the molecule is O=C(NCc1ccco1)[C@H]1CN2CC[C@@H]1C[C@@H]2Cn1cc(-c2ccccn2)nn1. The van der Waals surface area contributed by atoms with Crippen LogP contribution in [0.2, 0.25) is 0 Å². The first-order chi connectivity index (χ1) is 14.3. The Labute approximate surface area is 168 Å². The third-order valence-electron chi connectivity index (χ3n) is 6.10. The fourth-order valence-electron chi connectivity index (χ4n) is 4.58. The summed E-state index contributed by atoms with van der Waals surface area (Å²) >= 11 is 0. The Bertz CT molecular complexity index is 955. The monoisotopic (exact) mass is 392 g/mol. The molecule has 1 amide bonds. The minimum absolute atomic E-state index is 0.0507. The van der Waals surface area contributed by atoms with E-state index in [-0.39, 0.29) is 11.8 Å². The number of piperidine rings is 3. The molecule has 1 unspecified atom stereocenters. The molecule has 2 bridgehead atoms. The van der Waals surface area contributed by atoms with Crippen molar-refractivity contribution in [2.75, 3.05) is 13.1 Å². The Balaban J connectivity index is 1.19. The molecule has 3 aromatic heterocycles. The van der Waals surface area contributed by atoms with E-state index in [1.807, 2.05) is 41.2 Å². The van der Waals surface area contributed by atoms with Crippen LogP contribution in [0.5, 0.6) is 0 Å². The molecule has 8 nitrogen and oxygen atoms in total. The first-order valence-corrected chi connectivity index (χ1v) is 10.1. The van der Waals surface area contributed by atoms with Crippen LogP contribution in [-0.2, 0) is 17.9 Å². The molecule has 3 fully saturated rings. The lowest BCUT2D eigenvalue weighted by Gasteiger charge is -2.49. The lowest BCUT2D eigenvalue weighted by atomic mass is 9.75. The third-order valence-corrected chi connectivity index (χ3v) is 6.10. The van der Waals surface area contributed by atoms with Crippen molar-refractivity contribution in [2.24, 2.45) is 11.8 Å². The lowest BCUT2D eigenvalue weighted by molar-refractivity contribution is -0.133. The molecule has 150 valence electrons. The molecule has 0 aromatic carbocycles. The zero-order valence-electron chi connectivity index (χ0n) is 16.1. The van der Waals surface area contributed by atoms with E-state index in [0.717, 1.165) is 49.6 Å². The minimum Gasteiger partial charge on any atom is -0.467 e. The van der Waals surface area contributed by atoms with Gasteiger partial charge in [-0.1, -0.05) is 11.3 Å². The molecule has 6 heterocycles. The van der Waals surface area contributed by atoms with E-state index in [1.165, 1.54) is 0 Å². The number of amides is 1. The predicted octanol–water partition coefficient (Wildman–Crippen LogP) is 1.96. The van der Waals surface area contributed by atoms with Crippen molar-refractivity contribution in [3.05, 3.63) is 54.7 Å². The van der Waals surface area contributed by atoms with E-state index in [2.05, 4.69) is 25.5 Å². The second-order valence-electron chi connectivity index (χ2n) is 7.88. The van der Waals surface area contributed by atoms with Gasteiger partial charge in [-0.3, -0.25) is 19.4 Å². The van der Waals surface area contributed by atoms with Gasteiger partial charge >= 0.3 is 0 Å². The van der Waals surface area contributed by atoms with Crippen LogP contribution in [0, 0.1) is 11.8 Å². The number of furan rings is 1. The maximum atomic E-state index is 12.7. The molecule has 3 aliphatic heterocycles. The van der Waals surface area contributed by atoms with Gasteiger partial charge in [0.15, 0.2) is 0 Å². The second-order valence-corrected chi connectivity index (χ2v) is 7.88. The van der Waals surface area contributed by atoms with Gasteiger partial charge in [0.2, 0.25) is 5.91 Å². The van der Waals surface area contributed by atoms with Crippen LogP contribution in [0.15, 0.2) is 53.4 Å². The fraction of sp³-hybridized carbons (Fsp3) is 0.429. The van der Waals surface area contributed by atoms with Crippen molar-refractivity contribution in [3.8, 4) is 11.4 Å². The number of pyridine rings is 1. The molecule has 4 atom stereocenters. The number of carbonyl (C=O) groups excluding carboxylic acids is 1. The number of rotatable bonds is 6. The maximum absolute atomic E-state index is 12.7. The zero-order chi connectivity index (χ0) is 19.6. The Kier molecular flexibility index (Phi) is 4.85. The smallest absolute Gasteiger partial charge is 0.225 e. The molecule has 1 N–H and O–H groups in total. The van der Waals surface area contributed by atoms with Crippen LogP contribution in [-0.4, -0.2) is 49.9 Å². The van der Waals surface area contributed by atoms with E-state index >= 15 is 0 Å². The van der Waals surface area contributed by atoms with Crippen molar-refractivity contribution in [1.82, 2.24) is 30.2 Å². The highest BCUT2D eigenvalue weighted by Gasteiger charge is 2.43. The first-order valence-electron chi connectivity index (χ1n) is 10.1. The largest absolute Gasteiger partial charge is 0.467 e. The fourth-order valence-corrected chi connectivity index (χ4v) is 4.58. The molecule has 0 saturated carbocycles. The van der Waals surface area contributed by atoms with Gasteiger partial charge in [0.05, 0.1) is 37.2 Å². The quantitative estimate of drug-likeness (QED) is 0.690. The summed E-state index contributed by atoms with van der Waals surface area (Å²) in [6.45, 7) is 3.09. The van der Waals surface area contributed by atoms with Crippen LogP contribution in [0.4, 0.5) is 0 Å². The van der Waals surface area contributed by atoms with E-state index in [1.54, 1.807) is 12.5 Å². The minimum atomic E-state index is 0.0507. The van der Waals surface area contributed by atoms with Crippen molar-refractivity contribution in [1.29, 1.82) is 0 Å². The van der Waals surface area contributed by atoms with E-state index in [9.17, 15) is 4.79 Å². The topological polar surface area (TPSA) is 89.1 Å². The second kappa shape index (κ2) is 7.79. The van der Waals surface area contributed by atoms with Crippen molar-refractivity contribution in [2.45, 2.75) is 32.0 Å². The van der Waals surface area contributed by atoms with Gasteiger partial charge in [-0.2, -0.15) is 0 Å². The number of aromatic nitrogens is 4. The van der Waals surface area contributed by atoms with Crippen LogP contribution < -0.4 is 5.32 Å². The van der Waals surface area contributed by atoms with E-state index in [0.29, 0.717) is 18.5 Å². The summed E-state index contributed by atoms with van der Waals surface area (Å²) in [5.74, 6) is 1.38. The average molecular weight is 392 g/mol. The van der Waals surface area contributed by atoms with Crippen molar-refractivity contribution in [3.63, 3.8) is 0 Å². The summed E-state index contributed by atoms with van der Waals surface area (Å²) in [6.07, 6.45) is 7.43. The Hall–Kier alpha value is -3.00. The molecule has 29 heavy (non-hydrogen) atoms. The van der Waals surface area contributed by atoms with E-state index in [4.69, 9.17) is 4.42 Å². The van der Waals surface area contributed by atoms with E-state index < -0.39 is 0 Å². The van der Waals surface area contributed by atoms with Crippen LogP contribution in [0.1, 0.15) is 18.6 Å².